The van der Waals surface area contributed by atoms with Crippen molar-refractivity contribution in [1.29, 1.82) is 0 Å². The second-order valence-electron chi connectivity index (χ2n) is 5.43. The van der Waals surface area contributed by atoms with Crippen LogP contribution >= 0.6 is 15.9 Å². The van der Waals surface area contributed by atoms with Gasteiger partial charge >= 0.3 is 0 Å². The maximum atomic E-state index is 5.81. The van der Waals surface area contributed by atoms with Gasteiger partial charge in [0.1, 0.15) is 0 Å². The van der Waals surface area contributed by atoms with Crippen molar-refractivity contribution in [3.8, 4) is 11.5 Å². The molecule has 4 nitrogen and oxygen atoms in total. The highest BCUT2D eigenvalue weighted by atomic mass is 79.9. The van der Waals surface area contributed by atoms with Gasteiger partial charge in [-0.3, -0.25) is 4.90 Å². The summed E-state index contributed by atoms with van der Waals surface area (Å²) in [6, 6.07) is 2.59. The molecule has 0 radical (unpaired) electrons. The molecule has 2 aliphatic heterocycles. The largest absolute Gasteiger partial charge is 0.453 e. The topological polar surface area (TPSA) is 47.7 Å². The number of rotatable bonds is 2. The second-order valence-corrected chi connectivity index (χ2v) is 6.28. The zero-order valence-corrected chi connectivity index (χ0v) is 12.9. The van der Waals surface area contributed by atoms with Crippen molar-refractivity contribution in [2.75, 3.05) is 26.9 Å². The highest BCUT2D eigenvalue weighted by Crippen LogP contribution is 2.47. The average Bonchev–Trinajstić information content (AvgIpc) is 3.00. The van der Waals surface area contributed by atoms with Crippen LogP contribution in [0.2, 0.25) is 0 Å². The Morgan fingerprint density at radius 3 is 2.84 bits per heavy atom. The molecule has 2 atom stereocenters. The molecule has 3 rings (SSSR count). The summed E-state index contributed by atoms with van der Waals surface area (Å²) in [7, 11) is 2.16. The van der Waals surface area contributed by atoms with Crippen LogP contribution in [-0.2, 0) is 0 Å². The minimum Gasteiger partial charge on any atom is -0.453 e. The Kier molecular flexibility index (Phi) is 3.45. The number of hydrogen-bond acceptors (Lipinski definition) is 4. The average molecular weight is 327 g/mol. The molecular formula is C14H19BrN2O2. The van der Waals surface area contributed by atoms with E-state index in [0.717, 1.165) is 35.5 Å². The fourth-order valence-electron chi connectivity index (χ4n) is 3.16. The van der Waals surface area contributed by atoms with Crippen LogP contribution in [0, 0.1) is 12.8 Å². The lowest BCUT2D eigenvalue weighted by molar-refractivity contribution is 0.173. The number of hydrogen-bond donors (Lipinski definition) is 1. The lowest BCUT2D eigenvalue weighted by Gasteiger charge is -2.22. The first kappa shape index (κ1) is 13.2. The van der Waals surface area contributed by atoms with E-state index in [-0.39, 0.29) is 0 Å². The van der Waals surface area contributed by atoms with Gasteiger partial charge in [-0.1, -0.05) is 0 Å². The van der Waals surface area contributed by atoms with E-state index in [1.807, 2.05) is 0 Å². The van der Waals surface area contributed by atoms with E-state index < -0.39 is 0 Å². The summed E-state index contributed by atoms with van der Waals surface area (Å²) in [4.78, 5) is 2.38. The number of halogens is 1. The van der Waals surface area contributed by atoms with E-state index in [1.54, 1.807) is 0 Å². The zero-order valence-electron chi connectivity index (χ0n) is 11.3. The van der Waals surface area contributed by atoms with Crippen LogP contribution in [-0.4, -0.2) is 31.8 Å². The summed E-state index contributed by atoms with van der Waals surface area (Å²) in [6.07, 6.45) is 1.11. The summed E-state index contributed by atoms with van der Waals surface area (Å²) in [6.45, 7) is 4.24. The minimum absolute atomic E-state index is 0.310. The van der Waals surface area contributed by atoms with Crippen LogP contribution in [0.25, 0.3) is 0 Å². The summed E-state index contributed by atoms with van der Waals surface area (Å²) in [5.41, 5.74) is 8.31. The summed E-state index contributed by atoms with van der Waals surface area (Å²) < 4.78 is 12.1. The van der Waals surface area contributed by atoms with Gasteiger partial charge in [-0.15, -0.1) is 0 Å². The third-order valence-electron chi connectivity index (χ3n) is 4.21. The van der Waals surface area contributed by atoms with Crippen molar-refractivity contribution in [3.05, 3.63) is 21.7 Å². The first-order valence-electron chi connectivity index (χ1n) is 6.60. The predicted octanol–water partition coefficient (Wildman–Crippen LogP) is 2.44. The third kappa shape index (κ3) is 2.14. The second kappa shape index (κ2) is 4.96. The van der Waals surface area contributed by atoms with Crippen molar-refractivity contribution < 1.29 is 9.47 Å². The lowest BCUT2D eigenvalue weighted by atomic mass is 9.95. The van der Waals surface area contributed by atoms with Gasteiger partial charge in [-0.2, -0.15) is 0 Å². The number of ether oxygens (including phenoxy) is 2. The van der Waals surface area contributed by atoms with Crippen LogP contribution in [0.1, 0.15) is 23.6 Å². The molecule has 1 aromatic rings. The molecule has 1 fully saturated rings. The number of nitrogens with zero attached hydrogens (tertiary/aromatic N) is 1. The Bertz CT molecular complexity index is 507. The molecule has 0 amide bonds. The lowest BCUT2D eigenvalue weighted by Crippen LogP contribution is -2.21. The van der Waals surface area contributed by atoms with Gasteiger partial charge < -0.3 is 15.2 Å². The molecule has 0 saturated carbocycles. The molecule has 5 heteroatoms. The van der Waals surface area contributed by atoms with Gasteiger partial charge in [0.2, 0.25) is 6.79 Å². The third-order valence-corrected chi connectivity index (χ3v) is 4.80. The normalized spacial score (nSPS) is 26.1. The van der Waals surface area contributed by atoms with E-state index in [2.05, 4.69) is 40.9 Å². The van der Waals surface area contributed by atoms with Crippen molar-refractivity contribution in [3.63, 3.8) is 0 Å². The molecule has 1 aromatic carbocycles. The van der Waals surface area contributed by atoms with Crippen molar-refractivity contribution in [1.82, 2.24) is 4.90 Å². The monoisotopic (exact) mass is 326 g/mol. The molecule has 2 unspecified atom stereocenters. The van der Waals surface area contributed by atoms with Gasteiger partial charge in [-0.25, -0.2) is 0 Å². The van der Waals surface area contributed by atoms with E-state index in [1.165, 1.54) is 11.1 Å². The minimum atomic E-state index is 0.310. The smallest absolute Gasteiger partial charge is 0.231 e. The van der Waals surface area contributed by atoms with Crippen LogP contribution in [0.15, 0.2) is 10.5 Å². The molecule has 0 spiro atoms. The van der Waals surface area contributed by atoms with E-state index in [9.17, 15) is 0 Å². The summed E-state index contributed by atoms with van der Waals surface area (Å²) in [5, 5.41) is 0. The Balaban J connectivity index is 2.00. The van der Waals surface area contributed by atoms with Gasteiger partial charge in [-0.05, 0) is 66.0 Å². The fourth-order valence-corrected chi connectivity index (χ4v) is 3.70. The Morgan fingerprint density at radius 1 is 1.42 bits per heavy atom. The molecule has 1 saturated heterocycles. The molecule has 0 aromatic heterocycles. The first-order valence-corrected chi connectivity index (χ1v) is 7.40. The van der Waals surface area contributed by atoms with Crippen LogP contribution in [0.5, 0.6) is 11.5 Å². The Hall–Kier alpha value is -0.780. The van der Waals surface area contributed by atoms with Crippen molar-refractivity contribution in [2.24, 2.45) is 11.7 Å². The molecular weight excluding hydrogens is 308 g/mol. The molecule has 19 heavy (non-hydrogen) atoms. The summed E-state index contributed by atoms with van der Waals surface area (Å²) in [5.74, 6) is 2.30. The predicted molar refractivity (Wildman–Crippen MR) is 77.5 cm³/mol. The van der Waals surface area contributed by atoms with Crippen LogP contribution in [0.4, 0.5) is 0 Å². The maximum absolute atomic E-state index is 5.81. The van der Waals surface area contributed by atoms with E-state index >= 15 is 0 Å². The quantitative estimate of drug-likeness (QED) is 0.906. The number of nitrogens with two attached hydrogens (primary N) is 1. The number of likely N-dealkylation sites (tertiary alicyclic amines) is 1. The van der Waals surface area contributed by atoms with Crippen LogP contribution < -0.4 is 15.2 Å². The molecule has 2 aliphatic rings. The standard InChI is InChI=1S/C14H19BrN2O2/c1-8-10(12-3-9(5-16)6-17(12)2)4-11(15)14-13(8)18-7-19-14/h4,9,12H,3,5-7,16H2,1-2H3. The van der Waals surface area contributed by atoms with Gasteiger partial charge in [0.25, 0.3) is 0 Å². The maximum Gasteiger partial charge on any atom is 0.231 e. The molecule has 0 aliphatic carbocycles. The van der Waals surface area contributed by atoms with Gasteiger partial charge in [0, 0.05) is 12.6 Å². The number of fused-ring (bicyclic) bond motifs is 1. The highest BCUT2D eigenvalue weighted by Gasteiger charge is 2.33. The van der Waals surface area contributed by atoms with Crippen molar-refractivity contribution >= 4 is 15.9 Å². The Morgan fingerprint density at radius 2 is 2.16 bits per heavy atom. The van der Waals surface area contributed by atoms with Gasteiger partial charge in [0.15, 0.2) is 11.5 Å². The van der Waals surface area contributed by atoms with E-state index in [4.69, 9.17) is 15.2 Å². The fraction of sp³-hybridized carbons (Fsp3) is 0.571. The first-order chi connectivity index (χ1) is 9.11. The Labute approximate surface area is 122 Å². The molecule has 104 valence electrons. The van der Waals surface area contributed by atoms with Gasteiger partial charge in [0.05, 0.1) is 4.47 Å². The van der Waals surface area contributed by atoms with Crippen molar-refractivity contribution in [2.45, 2.75) is 19.4 Å². The zero-order chi connectivity index (χ0) is 13.6. The van der Waals surface area contributed by atoms with E-state index in [0.29, 0.717) is 18.8 Å². The molecule has 0 bridgehead atoms. The summed E-state index contributed by atoms with van der Waals surface area (Å²) >= 11 is 3.58. The SMILES string of the molecule is Cc1c(C2CC(CN)CN2C)cc(Br)c2c1OCO2. The van der Waals surface area contributed by atoms with Crippen LogP contribution in [0.3, 0.4) is 0 Å². The molecule has 2 heterocycles. The highest BCUT2D eigenvalue weighted by molar-refractivity contribution is 9.10. The number of benzene rings is 1. The molecule has 2 N–H and O–H groups in total.